The fourth-order valence-corrected chi connectivity index (χ4v) is 5.33. The number of aromatic nitrogens is 1. The van der Waals surface area contributed by atoms with E-state index in [1.807, 2.05) is 6.92 Å². The van der Waals surface area contributed by atoms with Gasteiger partial charge in [0, 0.05) is 19.3 Å². The Balaban J connectivity index is 1.59. The van der Waals surface area contributed by atoms with Gasteiger partial charge >= 0.3 is 0 Å². The first-order valence-electron chi connectivity index (χ1n) is 9.46. The lowest BCUT2D eigenvalue weighted by molar-refractivity contribution is -0.120. The molecule has 0 saturated carbocycles. The molecule has 1 aromatic heterocycles. The van der Waals surface area contributed by atoms with Crippen molar-refractivity contribution in [3.63, 3.8) is 0 Å². The summed E-state index contributed by atoms with van der Waals surface area (Å²) in [5.41, 5.74) is 0.812. The summed E-state index contributed by atoms with van der Waals surface area (Å²) in [4.78, 5) is 16.9. The highest BCUT2D eigenvalue weighted by atomic mass is 32.2. The molecule has 0 radical (unpaired) electrons. The van der Waals surface area contributed by atoms with Crippen LogP contribution in [0.2, 0.25) is 0 Å². The average molecular weight is 438 g/mol. The molecular formula is C20H24FN3O3S2. The van der Waals surface area contributed by atoms with Gasteiger partial charge in [0.05, 0.1) is 16.3 Å². The van der Waals surface area contributed by atoms with Gasteiger partial charge in [0.25, 0.3) is 0 Å². The van der Waals surface area contributed by atoms with Gasteiger partial charge in [0.2, 0.25) is 15.9 Å². The van der Waals surface area contributed by atoms with Crippen molar-refractivity contribution in [3.05, 3.63) is 54.0 Å². The Kier molecular flexibility index (Phi) is 6.92. The van der Waals surface area contributed by atoms with Crippen LogP contribution >= 0.6 is 11.8 Å². The summed E-state index contributed by atoms with van der Waals surface area (Å²) in [5.74, 6) is -0.500. The number of carbonyl (C=O) groups excluding carboxylic acids is 1. The zero-order valence-electron chi connectivity index (χ0n) is 16.3. The van der Waals surface area contributed by atoms with E-state index in [0.29, 0.717) is 18.1 Å². The van der Waals surface area contributed by atoms with E-state index in [-0.39, 0.29) is 22.7 Å². The Morgan fingerprint density at radius 3 is 2.38 bits per heavy atom. The Bertz CT molecular complexity index is 944. The fraction of sp³-hybridized carbons (Fsp3) is 0.400. The van der Waals surface area contributed by atoms with Crippen LogP contribution in [0.15, 0.2) is 52.5 Å². The highest BCUT2D eigenvalue weighted by Gasteiger charge is 2.27. The van der Waals surface area contributed by atoms with Gasteiger partial charge in [0.1, 0.15) is 10.7 Å². The molecule has 1 N–H and O–H groups in total. The predicted octanol–water partition coefficient (Wildman–Crippen LogP) is 3.36. The number of rotatable bonds is 7. The highest BCUT2D eigenvalue weighted by molar-refractivity contribution is 8.00. The predicted molar refractivity (Wildman–Crippen MR) is 111 cm³/mol. The van der Waals surface area contributed by atoms with Gasteiger partial charge in [-0.2, -0.15) is 4.31 Å². The maximum absolute atomic E-state index is 13.0. The molecule has 2 heterocycles. The van der Waals surface area contributed by atoms with Gasteiger partial charge in [-0.3, -0.25) is 4.79 Å². The molecule has 2 aromatic rings. The van der Waals surface area contributed by atoms with Crippen molar-refractivity contribution in [2.75, 3.05) is 13.1 Å². The average Bonchev–Trinajstić information content (AvgIpc) is 3.24. The van der Waals surface area contributed by atoms with Gasteiger partial charge in [-0.05, 0) is 56.5 Å². The third kappa shape index (κ3) is 5.34. The monoisotopic (exact) mass is 437 g/mol. The minimum atomic E-state index is -3.49. The summed E-state index contributed by atoms with van der Waals surface area (Å²) in [5, 5.41) is 3.04. The minimum Gasteiger partial charge on any atom is -0.349 e. The molecule has 0 unspecified atom stereocenters. The van der Waals surface area contributed by atoms with Crippen LogP contribution in [0.5, 0.6) is 0 Å². The van der Waals surface area contributed by atoms with Crippen LogP contribution in [-0.4, -0.2) is 42.0 Å². The van der Waals surface area contributed by atoms with E-state index in [1.54, 1.807) is 25.1 Å². The summed E-state index contributed by atoms with van der Waals surface area (Å²) in [6.45, 7) is 4.68. The first-order chi connectivity index (χ1) is 13.8. The third-order valence-electron chi connectivity index (χ3n) is 4.81. The van der Waals surface area contributed by atoms with Crippen molar-refractivity contribution in [1.29, 1.82) is 0 Å². The van der Waals surface area contributed by atoms with E-state index in [9.17, 15) is 17.6 Å². The molecule has 1 amide bonds. The van der Waals surface area contributed by atoms with Crippen molar-refractivity contribution in [1.82, 2.24) is 14.6 Å². The SMILES string of the molecule is C[C@H](Sc1ccc(S(=O)(=O)N2CCCC2)cn1)C(=O)N[C@@H](C)c1ccc(F)cc1. The summed E-state index contributed by atoms with van der Waals surface area (Å²) >= 11 is 1.25. The van der Waals surface area contributed by atoms with E-state index in [0.717, 1.165) is 18.4 Å². The molecule has 0 spiro atoms. The van der Waals surface area contributed by atoms with Crippen LogP contribution in [0.3, 0.4) is 0 Å². The molecule has 0 aliphatic carbocycles. The van der Waals surface area contributed by atoms with Crippen LogP contribution in [0.1, 0.15) is 38.3 Å². The Morgan fingerprint density at radius 2 is 1.79 bits per heavy atom. The van der Waals surface area contributed by atoms with E-state index in [1.165, 1.54) is 40.5 Å². The fourth-order valence-electron chi connectivity index (χ4n) is 3.07. The standard InChI is InChI=1S/C20H24FN3O3S2/c1-14(16-5-7-17(21)8-6-16)23-20(25)15(2)28-19-10-9-18(13-22-19)29(26,27)24-11-3-4-12-24/h5-10,13-15H,3-4,11-12H2,1-2H3,(H,23,25)/t14-,15-/m0/s1. The summed E-state index contributed by atoms with van der Waals surface area (Å²) in [6.07, 6.45) is 3.11. The topological polar surface area (TPSA) is 79.4 Å². The number of nitrogens with zero attached hydrogens (tertiary/aromatic N) is 2. The summed E-state index contributed by atoms with van der Waals surface area (Å²) in [7, 11) is -3.49. The van der Waals surface area contributed by atoms with Crippen molar-refractivity contribution in [3.8, 4) is 0 Å². The smallest absolute Gasteiger partial charge is 0.244 e. The molecule has 0 bridgehead atoms. The van der Waals surface area contributed by atoms with Crippen molar-refractivity contribution in [2.24, 2.45) is 0 Å². The normalized spacial score (nSPS) is 17.1. The van der Waals surface area contributed by atoms with Gasteiger partial charge < -0.3 is 5.32 Å². The molecule has 6 nitrogen and oxygen atoms in total. The molecule has 1 saturated heterocycles. The minimum absolute atomic E-state index is 0.172. The number of hydrogen-bond donors (Lipinski definition) is 1. The lowest BCUT2D eigenvalue weighted by atomic mass is 10.1. The molecule has 3 rings (SSSR count). The number of pyridine rings is 1. The maximum atomic E-state index is 13.0. The number of amides is 1. The maximum Gasteiger partial charge on any atom is 0.244 e. The third-order valence-corrected chi connectivity index (χ3v) is 7.74. The molecule has 1 aliphatic rings. The van der Waals surface area contributed by atoms with Crippen LogP contribution < -0.4 is 5.32 Å². The number of hydrogen-bond acceptors (Lipinski definition) is 5. The van der Waals surface area contributed by atoms with Gasteiger partial charge in [-0.1, -0.05) is 23.9 Å². The highest BCUT2D eigenvalue weighted by Crippen LogP contribution is 2.25. The zero-order chi connectivity index (χ0) is 21.0. The second-order valence-corrected chi connectivity index (χ2v) is 10.3. The lowest BCUT2D eigenvalue weighted by Crippen LogP contribution is -2.33. The number of halogens is 1. The number of benzene rings is 1. The molecule has 156 valence electrons. The zero-order valence-corrected chi connectivity index (χ0v) is 18.0. The molecule has 29 heavy (non-hydrogen) atoms. The van der Waals surface area contributed by atoms with Crippen LogP contribution in [-0.2, 0) is 14.8 Å². The number of nitrogens with one attached hydrogen (secondary N) is 1. The molecule has 1 aromatic carbocycles. The van der Waals surface area contributed by atoms with E-state index >= 15 is 0 Å². The first-order valence-corrected chi connectivity index (χ1v) is 11.8. The van der Waals surface area contributed by atoms with Crippen molar-refractivity contribution < 1.29 is 17.6 Å². The second-order valence-electron chi connectivity index (χ2n) is 6.99. The molecule has 9 heteroatoms. The largest absolute Gasteiger partial charge is 0.349 e. The summed E-state index contributed by atoms with van der Waals surface area (Å²) in [6, 6.07) is 8.90. The lowest BCUT2D eigenvalue weighted by Gasteiger charge is -2.18. The van der Waals surface area contributed by atoms with Crippen LogP contribution in [0.4, 0.5) is 4.39 Å². The number of sulfonamides is 1. The number of carbonyl (C=O) groups is 1. The first kappa shape index (κ1) is 21.7. The molecule has 1 fully saturated rings. The molecular weight excluding hydrogens is 413 g/mol. The quantitative estimate of drug-likeness (QED) is 0.672. The molecule has 2 atom stereocenters. The van der Waals surface area contributed by atoms with Gasteiger partial charge in [0.15, 0.2) is 0 Å². The second kappa shape index (κ2) is 9.23. The van der Waals surface area contributed by atoms with Crippen LogP contribution in [0.25, 0.3) is 0 Å². The Morgan fingerprint density at radius 1 is 1.14 bits per heavy atom. The number of thioether (sulfide) groups is 1. The van der Waals surface area contributed by atoms with Gasteiger partial charge in [-0.15, -0.1) is 0 Å². The Hall–Kier alpha value is -1.97. The Labute approximate surface area is 175 Å². The summed E-state index contributed by atoms with van der Waals surface area (Å²) < 4.78 is 39.6. The van der Waals surface area contributed by atoms with Crippen LogP contribution in [0, 0.1) is 5.82 Å². The van der Waals surface area contributed by atoms with E-state index < -0.39 is 15.3 Å². The van der Waals surface area contributed by atoms with E-state index in [2.05, 4.69) is 10.3 Å². The van der Waals surface area contributed by atoms with E-state index in [4.69, 9.17) is 0 Å². The van der Waals surface area contributed by atoms with Gasteiger partial charge in [-0.25, -0.2) is 17.8 Å². The molecule has 1 aliphatic heterocycles. The van der Waals surface area contributed by atoms with Crippen molar-refractivity contribution in [2.45, 2.75) is 47.9 Å². The van der Waals surface area contributed by atoms with Crippen molar-refractivity contribution >= 4 is 27.7 Å².